The van der Waals surface area contributed by atoms with Gasteiger partial charge in [-0.25, -0.2) is 0 Å². The SMILES string of the molecule is CN=C(NCc1ccc(CN2CCCCCC2)cc1)NCc1ccccn1.I. The molecule has 0 radical (unpaired) electrons. The Balaban J connectivity index is 0.00000280. The topological polar surface area (TPSA) is 52.6 Å². The Morgan fingerprint density at radius 1 is 0.929 bits per heavy atom. The number of nitrogens with zero attached hydrogens (tertiary/aromatic N) is 3. The summed E-state index contributed by atoms with van der Waals surface area (Å²) in [6, 6.07) is 14.9. The number of guanidine groups is 1. The van der Waals surface area contributed by atoms with Gasteiger partial charge in [0.2, 0.25) is 0 Å². The second-order valence-corrected chi connectivity index (χ2v) is 7.11. The van der Waals surface area contributed by atoms with Crippen LogP contribution in [0.15, 0.2) is 53.7 Å². The zero-order valence-corrected chi connectivity index (χ0v) is 19.1. The molecule has 2 aromatic rings. The molecule has 3 rings (SSSR count). The molecule has 0 atom stereocenters. The molecular formula is C22H32IN5. The van der Waals surface area contributed by atoms with E-state index >= 15 is 0 Å². The highest BCUT2D eigenvalue weighted by molar-refractivity contribution is 14.0. The molecular weight excluding hydrogens is 461 g/mol. The molecule has 0 spiro atoms. The van der Waals surface area contributed by atoms with E-state index in [0.717, 1.165) is 24.7 Å². The summed E-state index contributed by atoms with van der Waals surface area (Å²) in [4.78, 5) is 11.2. The van der Waals surface area contributed by atoms with E-state index in [0.29, 0.717) is 6.54 Å². The Labute approximate surface area is 186 Å². The van der Waals surface area contributed by atoms with Gasteiger partial charge in [0, 0.05) is 26.3 Å². The fourth-order valence-corrected chi connectivity index (χ4v) is 3.40. The van der Waals surface area contributed by atoms with Gasteiger partial charge in [-0.15, -0.1) is 24.0 Å². The first-order chi connectivity index (χ1) is 13.3. The van der Waals surface area contributed by atoms with E-state index in [2.05, 4.69) is 49.8 Å². The molecule has 0 bridgehead atoms. The van der Waals surface area contributed by atoms with Gasteiger partial charge in [-0.1, -0.05) is 43.2 Å². The molecule has 28 heavy (non-hydrogen) atoms. The highest BCUT2D eigenvalue weighted by atomic mass is 127. The molecule has 1 aliphatic heterocycles. The van der Waals surface area contributed by atoms with Crippen LogP contribution in [-0.2, 0) is 19.6 Å². The lowest BCUT2D eigenvalue weighted by molar-refractivity contribution is 0.277. The lowest BCUT2D eigenvalue weighted by Gasteiger charge is -2.20. The third-order valence-electron chi connectivity index (χ3n) is 4.97. The van der Waals surface area contributed by atoms with Gasteiger partial charge in [-0.05, 0) is 49.2 Å². The van der Waals surface area contributed by atoms with E-state index in [9.17, 15) is 0 Å². The van der Waals surface area contributed by atoms with E-state index in [4.69, 9.17) is 0 Å². The van der Waals surface area contributed by atoms with Gasteiger partial charge < -0.3 is 10.6 Å². The van der Waals surface area contributed by atoms with Crippen molar-refractivity contribution < 1.29 is 0 Å². The maximum atomic E-state index is 4.32. The van der Waals surface area contributed by atoms with Crippen molar-refractivity contribution in [1.82, 2.24) is 20.5 Å². The van der Waals surface area contributed by atoms with E-state index in [1.165, 1.54) is 49.9 Å². The fraction of sp³-hybridized carbons (Fsp3) is 0.455. The van der Waals surface area contributed by atoms with E-state index in [1.807, 2.05) is 18.2 Å². The number of aliphatic imine (C=N–C) groups is 1. The first-order valence-corrected chi connectivity index (χ1v) is 9.98. The van der Waals surface area contributed by atoms with Gasteiger partial charge in [0.15, 0.2) is 5.96 Å². The lowest BCUT2D eigenvalue weighted by atomic mass is 10.1. The molecule has 0 saturated carbocycles. The number of pyridine rings is 1. The zero-order valence-electron chi connectivity index (χ0n) is 16.7. The molecule has 1 aliphatic rings. The second-order valence-electron chi connectivity index (χ2n) is 7.11. The number of rotatable bonds is 6. The molecule has 1 aromatic carbocycles. The Hall–Kier alpha value is -1.67. The maximum Gasteiger partial charge on any atom is 0.191 e. The summed E-state index contributed by atoms with van der Waals surface area (Å²) in [7, 11) is 1.79. The van der Waals surface area contributed by atoms with Crippen LogP contribution in [0.5, 0.6) is 0 Å². The van der Waals surface area contributed by atoms with Crippen molar-refractivity contribution in [2.75, 3.05) is 20.1 Å². The van der Waals surface area contributed by atoms with Crippen LogP contribution >= 0.6 is 24.0 Å². The standard InChI is InChI=1S/C22H31N5.HI/c1-23-22(26-17-21-8-4-5-13-24-21)25-16-19-9-11-20(12-10-19)18-27-14-6-2-3-7-15-27;/h4-5,8-13H,2-3,6-7,14-18H2,1H3,(H2,23,25,26);1H. The van der Waals surface area contributed by atoms with E-state index in [1.54, 1.807) is 13.2 Å². The van der Waals surface area contributed by atoms with Crippen molar-refractivity contribution in [1.29, 1.82) is 0 Å². The monoisotopic (exact) mass is 493 g/mol. The minimum atomic E-state index is 0. The van der Waals surface area contributed by atoms with Crippen LogP contribution in [0, 0.1) is 0 Å². The van der Waals surface area contributed by atoms with Gasteiger partial charge in [-0.2, -0.15) is 0 Å². The first-order valence-electron chi connectivity index (χ1n) is 9.98. The summed E-state index contributed by atoms with van der Waals surface area (Å²) in [5, 5.41) is 6.66. The van der Waals surface area contributed by atoms with Crippen molar-refractivity contribution in [2.24, 2.45) is 4.99 Å². The number of likely N-dealkylation sites (tertiary alicyclic amines) is 1. The Morgan fingerprint density at radius 2 is 1.61 bits per heavy atom. The summed E-state index contributed by atoms with van der Waals surface area (Å²) >= 11 is 0. The summed E-state index contributed by atoms with van der Waals surface area (Å²) in [5.74, 6) is 0.786. The number of benzene rings is 1. The maximum absolute atomic E-state index is 4.32. The Morgan fingerprint density at radius 3 is 2.25 bits per heavy atom. The normalized spacial score (nSPS) is 15.4. The molecule has 1 saturated heterocycles. The van der Waals surface area contributed by atoms with Crippen molar-refractivity contribution in [3.8, 4) is 0 Å². The summed E-state index contributed by atoms with van der Waals surface area (Å²) in [6.07, 6.45) is 7.26. The van der Waals surface area contributed by atoms with E-state index < -0.39 is 0 Å². The van der Waals surface area contributed by atoms with Crippen LogP contribution in [0.3, 0.4) is 0 Å². The molecule has 1 fully saturated rings. The molecule has 0 unspecified atom stereocenters. The van der Waals surface area contributed by atoms with Gasteiger partial charge in [0.05, 0.1) is 12.2 Å². The zero-order chi connectivity index (χ0) is 18.7. The highest BCUT2D eigenvalue weighted by Crippen LogP contribution is 2.13. The number of hydrogen-bond acceptors (Lipinski definition) is 3. The average molecular weight is 493 g/mol. The van der Waals surface area contributed by atoms with Gasteiger partial charge in [0.1, 0.15) is 0 Å². The molecule has 2 heterocycles. The Bertz CT molecular complexity index is 695. The predicted molar refractivity (Wildman–Crippen MR) is 127 cm³/mol. The van der Waals surface area contributed by atoms with Crippen molar-refractivity contribution >= 4 is 29.9 Å². The van der Waals surface area contributed by atoms with Crippen LogP contribution in [0.25, 0.3) is 0 Å². The van der Waals surface area contributed by atoms with Gasteiger partial charge >= 0.3 is 0 Å². The Kier molecular flexibility index (Phi) is 10.3. The van der Waals surface area contributed by atoms with Gasteiger partial charge in [0.25, 0.3) is 0 Å². The summed E-state index contributed by atoms with van der Waals surface area (Å²) < 4.78 is 0. The van der Waals surface area contributed by atoms with Crippen LogP contribution < -0.4 is 10.6 Å². The third kappa shape index (κ3) is 7.75. The minimum absolute atomic E-state index is 0. The third-order valence-corrected chi connectivity index (χ3v) is 4.97. The quantitative estimate of drug-likeness (QED) is 0.364. The first kappa shape index (κ1) is 22.6. The van der Waals surface area contributed by atoms with Crippen LogP contribution in [-0.4, -0.2) is 36.0 Å². The van der Waals surface area contributed by atoms with Crippen LogP contribution in [0.2, 0.25) is 0 Å². The molecule has 2 N–H and O–H groups in total. The smallest absolute Gasteiger partial charge is 0.191 e. The molecule has 152 valence electrons. The fourth-order valence-electron chi connectivity index (χ4n) is 3.40. The minimum Gasteiger partial charge on any atom is -0.352 e. The molecule has 6 heteroatoms. The van der Waals surface area contributed by atoms with Crippen LogP contribution in [0.4, 0.5) is 0 Å². The predicted octanol–water partition coefficient (Wildman–Crippen LogP) is 3.94. The summed E-state index contributed by atoms with van der Waals surface area (Å²) in [5.41, 5.74) is 3.66. The van der Waals surface area contributed by atoms with Crippen molar-refractivity contribution in [3.05, 3.63) is 65.5 Å². The lowest BCUT2D eigenvalue weighted by Crippen LogP contribution is -2.36. The number of hydrogen-bond donors (Lipinski definition) is 2. The summed E-state index contributed by atoms with van der Waals surface area (Å²) in [6.45, 7) is 4.96. The van der Waals surface area contributed by atoms with Crippen molar-refractivity contribution in [3.63, 3.8) is 0 Å². The number of halogens is 1. The molecule has 1 aromatic heterocycles. The molecule has 5 nitrogen and oxygen atoms in total. The average Bonchev–Trinajstić information content (AvgIpc) is 2.99. The van der Waals surface area contributed by atoms with E-state index in [-0.39, 0.29) is 24.0 Å². The molecule has 0 amide bonds. The largest absolute Gasteiger partial charge is 0.352 e. The number of nitrogens with one attached hydrogen (secondary N) is 2. The second kappa shape index (κ2) is 12.7. The van der Waals surface area contributed by atoms with Crippen LogP contribution in [0.1, 0.15) is 42.5 Å². The number of aromatic nitrogens is 1. The highest BCUT2D eigenvalue weighted by Gasteiger charge is 2.09. The van der Waals surface area contributed by atoms with Crippen molar-refractivity contribution in [2.45, 2.75) is 45.3 Å². The molecule has 0 aliphatic carbocycles. The van der Waals surface area contributed by atoms with Gasteiger partial charge in [-0.3, -0.25) is 14.9 Å².